The topological polar surface area (TPSA) is 49.4 Å². The summed E-state index contributed by atoms with van der Waals surface area (Å²) < 4.78 is 0. The zero-order chi connectivity index (χ0) is 19.2. The molecule has 0 aliphatic carbocycles. The Balaban J connectivity index is 1.49. The number of nitrogens with one attached hydrogen (secondary N) is 1. The standard InChI is InChI=1S/C23H26N2O2/c1-17-5-10-21(18(2)14-17)11-12-22(26)24-15-19-6-8-20(9-7-19)16-25-13-3-4-23(25)27/h5-12,14H,3-4,13,15-16H2,1-2H3,(H,24,26)/b12-11+. The van der Waals surface area contributed by atoms with Gasteiger partial charge in [0, 0.05) is 32.1 Å². The third-order valence-electron chi connectivity index (χ3n) is 4.87. The van der Waals surface area contributed by atoms with Crippen molar-refractivity contribution in [2.45, 2.75) is 39.8 Å². The molecule has 0 spiro atoms. The average Bonchev–Trinajstić information content (AvgIpc) is 3.05. The largest absolute Gasteiger partial charge is 0.348 e. The summed E-state index contributed by atoms with van der Waals surface area (Å²) >= 11 is 0. The molecule has 1 fully saturated rings. The molecule has 2 aromatic rings. The van der Waals surface area contributed by atoms with E-state index in [1.807, 2.05) is 54.3 Å². The van der Waals surface area contributed by atoms with Crippen molar-refractivity contribution in [2.24, 2.45) is 0 Å². The van der Waals surface area contributed by atoms with Crippen molar-refractivity contribution in [3.63, 3.8) is 0 Å². The fourth-order valence-corrected chi connectivity index (χ4v) is 3.28. The highest BCUT2D eigenvalue weighted by Crippen LogP contribution is 2.15. The van der Waals surface area contributed by atoms with Crippen LogP contribution in [0.5, 0.6) is 0 Å². The molecule has 1 aliphatic rings. The quantitative estimate of drug-likeness (QED) is 0.796. The zero-order valence-corrected chi connectivity index (χ0v) is 16.0. The van der Waals surface area contributed by atoms with Gasteiger partial charge in [-0.15, -0.1) is 0 Å². The van der Waals surface area contributed by atoms with E-state index < -0.39 is 0 Å². The van der Waals surface area contributed by atoms with Crippen LogP contribution in [-0.4, -0.2) is 23.3 Å². The first-order valence-corrected chi connectivity index (χ1v) is 9.40. The molecule has 2 aromatic carbocycles. The number of nitrogens with zero attached hydrogens (tertiary/aromatic N) is 1. The highest BCUT2D eigenvalue weighted by atomic mass is 16.2. The van der Waals surface area contributed by atoms with Crippen molar-refractivity contribution in [3.8, 4) is 0 Å². The SMILES string of the molecule is Cc1ccc(/C=C/C(=O)NCc2ccc(CN3CCCC3=O)cc2)c(C)c1. The Morgan fingerprint density at radius 2 is 1.85 bits per heavy atom. The molecule has 0 unspecified atom stereocenters. The van der Waals surface area contributed by atoms with Crippen molar-refractivity contribution >= 4 is 17.9 Å². The molecule has 4 nitrogen and oxygen atoms in total. The molecule has 1 heterocycles. The van der Waals surface area contributed by atoms with E-state index >= 15 is 0 Å². The van der Waals surface area contributed by atoms with Crippen molar-refractivity contribution in [2.75, 3.05) is 6.54 Å². The van der Waals surface area contributed by atoms with Crippen LogP contribution in [-0.2, 0) is 22.7 Å². The lowest BCUT2D eigenvalue weighted by molar-refractivity contribution is -0.128. The van der Waals surface area contributed by atoms with Crippen LogP contribution in [0.2, 0.25) is 0 Å². The molecule has 1 N–H and O–H groups in total. The van der Waals surface area contributed by atoms with Crippen molar-refractivity contribution in [3.05, 3.63) is 76.4 Å². The summed E-state index contributed by atoms with van der Waals surface area (Å²) in [7, 11) is 0. The predicted molar refractivity (Wildman–Crippen MR) is 108 cm³/mol. The molecule has 0 radical (unpaired) electrons. The van der Waals surface area contributed by atoms with E-state index in [1.165, 1.54) is 5.56 Å². The molecule has 3 rings (SSSR count). The Morgan fingerprint density at radius 1 is 1.11 bits per heavy atom. The number of hydrogen-bond acceptors (Lipinski definition) is 2. The minimum atomic E-state index is -0.110. The number of carbonyl (C=O) groups is 2. The van der Waals surface area contributed by atoms with E-state index in [2.05, 4.69) is 18.3 Å². The molecular weight excluding hydrogens is 336 g/mol. The normalized spacial score (nSPS) is 14.1. The van der Waals surface area contributed by atoms with Gasteiger partial charge in [0.1, 0.15) is 0 Å². The fraction of sp³-hybridized carbons (Fsp3) is 0.304. The average molecular weight is 362 g/mol. The lowest BCUT2D eigenvalue weighted by atomic mass is 10.1. The monoisotopic (exact) mass is 362 g/mol. The second-order valence-electron chi connectivity index (χ2n) is 7.15. The van der Waals surface area contributed by atoms with Gasteiger partial charge in [-0.3, -0.25) is 9.59 Å². The number of hydrogen-bond donors (Lipinski definition) is 1. The summed E-state index contributed by atoms with van der Waals surface area (Å²) in [6, 6.07) is 14.2. The molecule has 0 saturated carbocycles. The Bertz CT molecular complexity index is 853. The van der Waals surface area contributed by atoms with Crippen molar-refractivity contribution < 1.29 is 9.59 Å². The first-order chi connectivity index (χ1) is 13.0. The van der Waals surface area contributed by atoms with Crippen LogP contribution < -0.4 is 5.32 Å². The fourth-order valence-electron chi connectivity index (χ4n) is 3.28. The van der Waals surface area contributed by atoms with Gasteiger partial charge in [-0.05, 0) is 48.6 Å². The summed E-state index contributed by atoms with van der Waals surface area (Å²) in [4.78, 5) is 25.7. The van der Waals surface area contributed by atoms with E-state index in [-0.39, 0.29) is 11.8 Å². The van der Waals surface area contributed by atoms with Gasteiger partial charge in [0.05, 0.1) is 0 Å². The van der Waals surface area contributed by atoms with Crippen molar-refractivity contribution in [1.29, 1.82) is 0 Å². The van der Waals surface area contributed by atoms with Crippen LogP contribution in [0, 0.1) is 13.8 Å². The maximum Gasteiger partial charge on any atom is 0.244 e. The molecule has 27 heavy (non-hydrogen) atoms. The van der Waals surface area contributed by atoms with E-state index in [1.54, 1.807) is 6.08 Å². The summed E-state index contributed by atoms with van der Waals surface area (Å²) in [5.74, 6) is 0.128. The summed E-state index contributed by atoms with van der Waals surface area (Å²) in [5, 5.41) is 2.91. The molecule has 0 atom stereocenters. The molecule has 0 aromatic heterocycles. The van der Waals surface area contributed by atoms with Gasteiger partial charge in [0.25, 0.3) is 0 Å². The lowest BCUT2D eigenvalue weighted by Gasteiger charge is -2.15. The molecule has 140 valence electrons. The van der Waals surface area contributed by atoms with E-state index in [0.717, 1.165) is 35.2 Å². The Kier molecular flexibility index (Phi) is 6.07. The van der Waals surface area contributed by atoms with E-state index in [9.17, 15) is 9.59 Å². The Morgan fingerprint density at radius 3 is 2.52 bits per heavy atom. The summed E-state index contributed by atoms with van der Waals surface area (Å²) in [5.41, 5.74) is 5.59. The van der Waals surface area contributed by atoms with Crippen LogP contribution in [0.3, 0.4) is 0 Å². The van der Waals surface area contributed by atoms with Crippen LogP contribution in [0.4, 0.5) is 0 Å². The zero-order valence-electron chi connectivity index (χ0n) is 16.0. The highest BCUT2D eigenvalue weighted by Gasteiger charge is 2.19. The number of amides is 2. The van der Waals surface area contributed by atoms with Crippen LogP contribution in [0.15, 0.2) is 48.5 Å². The molecule has 1 aliphatic heterocycles. The third-order valence-corrected chi connectivity index (χ3v) is 4.87. The maximum absolute atomic E-state index is 12.1. The highest BCUT2D eigenvalue weighted by molar-refractivity contribution is 5.91. The van der Waals surface area contributed by atoms with Gasteiger partial charge in [0.2, 0.25) is 11.8 Å². The minimum Gasteiger partial charge on any atom is -0.348 e. The van der Waals surface area contributed by atoms with Gasteiger partial charge in [-0.1, -0.05) is 48.0 Å². The molecule has 1 saturated heterocycles. The van der Waals surface area contributed by atoms with E-state index in [0.29, 0.717) is 19.5 Å². The van der Waals surface area contributed by atoms with Gasteiger partial charge < -0.3 is 10.2 Å². The summed E-state index contributed by atoms with van der Waals surface area (Å²) in [6.45, 7) is 6.11. The number of benzene rings is 2. The van der Waals surface area contributed by atoms with Crippen LogP contribution >= 0.6 is 0 Å². The second kappa shape index (κ2) is 8.67. The molecule has 4 heteroatoms. The second-order valence-corrected chi connectivity index (χ2v) is 7.15. The maximum atomic E-state index is 12.1. The van der Waals surface area contributed by atoms with Gasteiger partial charge in [-0.25, -0.2) is 0 Å². The first-order valence-electron chi connectivity index (χ1n) is 9.40. The van der Waals surface area contributed by atoms with Gasteiger partial charge in [0.15, 0.2) is 0 Å². The smallest absolute Gasteiger partial charge is 0.244 e. The minimum absolute atomic E-state index is 0.110. The first kappa shape index (κ1) is 18.9. The third kappa shape index (κ3) is 5.30. The van der Waals surface area contributed by atoms with Crippen molar-refractivity contribution in [1.82, 2.24) is 10.2 Å². The Labute approximate surface area is 160 Å². The van der Waals surface area contributed by atoms with Crippen LogP contribution in [0.25, 0.3) is 6.08 Å². The van der Waals surface area contributed by atoms with Gasteiger partial charge >= 0.3 is 0 Å². The number of carbonyl (C=O) groups excluding carboxylic acids is 2. The number of likely N-dealkylation sites (tertiary alicyclic amines) is 1. The van der Waals surface area contributed by atoms with Gasteiger partial charge in [-0.2, -0.15) is 0 Å². The number of rotatable bonds is 6. The Hall–Kier alpha value is -2.88. The summed E-state index contributed by atoms with van der Waals surface area (Å²) in [6.07, 6.45) is 5.05. The lowest BCUT2D eigenvalue weighted by Crippen LogP contribution is -2.24. The van der Waals surface area contributed by atoms with E-state index in [4.69, 9.17) is 0 Å². The molecule has 0 bridgehead atoms. The number of aryl methyl sites for hydroxylation is 2. The molecular formula is C23H26N2O2. The van der Waals surface area contributed by atoms with Crippen LogP contribution in [0.1, 0.15) is 40.7 Å². The predicted octanol–water partition coefficient (Wildman–Crippen LogP) is 3.76. The molecule has 2 amide bonds.